The third kappa shape index (κ3) is 5.28. The first-order valence-corrected chi connectivity index (χ1v) is 10.8. The number of thioether (sulfide) groups is 1. The fourth-order valence-corrected chi connectivity index (χ4v) is 3.89. The van der Waals surface area contributed by atoms with E-state index < -0.39 is 11.9 Å². The van der Waals surface area contributed by atoms with Crippen LogP contribution in [-0.2, 0) is 4.79 Å². The van der Waals surface area contributed by atoms with Crippen molar-refractivity contribution in [1.82, 2.24) is 15.2 Å². The zero-order valence-electron chi connectivity index (χ0n) is 16.5. The molecule has 0 unspecified atom stereocenters. The number of H-pyrrole nitrogens is 1. The summed E-state index contributed by atoms with van der Waals surface area (Å²) in [6, 6.07) is 14.6. The van der Waals surface area contributed by atoms with Crippen LogP contribution in [0.5, 0.6) is 0 Å². The highest BCUT2D eigenvalue weighted by molar-refractivity contribution is 8.04. The summed E-state index contributed by atoms with van der Waals surface area (Å²) in [5, 5.41) is 26.4. The van der Waals surface area contributed by atoms with E-state index in [1.54, 1.807) is 42.5 Å². The van der Waals surface area contributed by atoms with E-state index in [4.69, 9.17) is 32.7 Å². The average Bonchev–Trinajstić information content (AvgIpc) is 3.43. The first-order chi connectivity index (χ1) is 15.8. The van der Waals surface area contributed by atoms with Gasteiger partial charge in [0.1, 0.15) is 16.4 Å². The number of aromatic carboxylic acids is 1. The van der Waals surface area contributed by atoms with E-state index in [0.717, 1.165) is 17.3 Å². The second-order valence-corrected chi connectivity index (χ2v) is 8.44. The van der Waals surface area contributed by atoms with Gasteiger partial charge < -0.3 is 14.6 Å². The number of halogens is 2. The van der Waals surface area contributed by atoms with E-state index in [2.05, 4.69) is 15.2 Å². The minimum absolute atomic E-state index is 0.0267. The number of carbonyl (C=O) groups is 2. The number of aromatic amines is 1. The molecule has 0 aliphatic heterocycles. The van der Waals surface area contributed by atoms with Crippen LogP contribution in [0, 0.1) is 0 Å². The monoisotopic (exact) mass is 501 g/mol. The number of rotatable bonds is 7. The molecule has 8 nitrogen and oxygen atoms in total. The summed E-state index contributed by atoms with van der Waals surface area (Å²) in [4.78, 5) is 27.1. The van der Waals surface area contributed by atoms with Gasteiger partial charge in [0.15, 0.2) is 5.82 Å². The molecular weight excluding hydrogens is 489 g/mol. The Bertz CT molecular complexity index is 1380. The van der Waals surface area contributed by atoms with Gasteiger partial charge in [-0.1, -0.05) is 29.3 Å². The van der Waals surface area contributed by atoms with E-state index >= 15 is 0 Å². The molecule has 0 saturated carbocycles. The van der Waals surface area contributed by atoms with Crippen LogP contribution in [-0.4, -0.2) is 37.3 Å². The van der Waals surface area contributed by atoms with Gasteiger partial charge in [-0.2, -0.15) is 0 Å². The minimum atomic E-state index is -1.18. The molecule has 0 spiro atoms. The van der Waals surface area contributed by atoms with Crippen molar-refractivity contribution in [2.45, 2.75) is 5.16 Å². The number of carboxylic acids is 2. The lowest BCUT2D eigenvalue weighted by atomic mass is 10.1. The molecule has 0 bridgehead atoms. The zero-order valence-corrected chi connectivity index (χ0v) is 18.8. The maximum Gasteiger partial charge on any atom is 0.342 e. The van der Waals surface area contributed by atoms with Crippen LogP contribution >= 0.6 is 35.0 Å². The molecule has 4 rings (SSSR count). The van der Waals surface area contributed by atoms with Crippen molar-refractivity contribution in [3.63, 3.8) is 0 Å². The number of carboxylic acid groups (broad SMARTS) is 2. The zero-order chi connectivity index (χ0) is 23.5. The van der Waals surface area contributed by atoms with Gasteiger partial charge in [0, 0.05) is 22.2 Å². The maximum absolute atomic E-state index is 11.8. The Kier molecular flexibility index (Phi) is 6.55. The highest BCUT2D eigenvalue weighted by atomic mass is 35.5. The SMILES string of the molecule is O=C(O)/C(=C/c1ccc(-c2ccc(C(=O)O)c(Cl)c2)o1)Sc1n[nH]c(-c2ccc(Cl)cc2)n1. The Labute approximate surface area is 200 Å². The Hall–Kier alpha value is -3.53. The molecule has 4 aromatic rings. The van der Waals surface area contributed by atoms with Gasteiger partial charge in [0.05, 0.1) is 10.6 Å². The topological polar surface area (TPSA) is 129 Å². The number of benzene rings is 2. The second kappa shape index (κ2) is 9.53. The largest absolute Gasteiger partial charge is 0.478 e. The predicted molar refractivity (Wildman–Crippen MR) is 124 cm³/mol. The summed E-state index contributed by atoms with van der Waals surface area (Å²) >= 11 is 12.8. The van der Waals surface area contributed by atoms with E-state index in [-0.39, 0.29) is 26.4 Å². The van der Waals surface area contributed by atoms with Crippen molar-refractivity contribution in [3.8, 4) is 22.7 Å². The Morgan fingerprint density at radius 2 is 1.73 bits per heavy atom. The molecule has 33 heavy (non-hydrogen) atoms. The number of nitrogens with one attached hydrogen (secondary N) is 1. The number of nitrogens with zero attached hydrogens (tertiary/aromatic N) is 2. The Balaban J connectivity index is 1.55. The molecule has 0 aliphatic rings. The van der Waals surface area contributed by atoms with Crippen molar-refractivity contribution >= 4 is 53.0 Å². The van der Waals surface area contributed by atoms with Gasteiger partial charge in [-0.3, -0.25) is 5.10 Å². The molecule has 11 heteroatoms. The van der Waals surface area contributed by atoms with Crippen molar-refractivity contribution in [3.05, 3.63) is 80.9 Å². The molecule has 0 amide bonds. The summed E-state index contributed by atoms with van der Waals surface area (Å²) in [6.45, 7) is 0. The molecule has 166 valence electrons. The molecule has 0 fully saturated rings. The van der Waals surface area contributed by atoms with Crippen molar-refractivity contribution < 1.29 is 24.2 Å². The molecule has 3 N–H and O–H groups in total. The molecule has 0 aliphatic carbocycles. The molecule has 0 atom stereocenters. The average molecular weight is 502 g/mol. The predicted octanol–water partition coefficient (Wildman–Crippen LogP) is 5.95. The summed E-state index contributed by atoms with van der Waals surface area (Å²) < 4.78 is 5.71. The Morgan fingerprint density at radius 1 is 1.00 bits per heavy atom. The van der Waals surface area contributed by atoms with Crippen LogP contribution in [0.2, 0.25) is 10.0 Å². The van der Waals surface area contributed by atoms with Crippen LogP contribution < -0.4 is 0 Å². The molecule has 0 radical (unpaired) electrons. The van der Waals surface area contributed by atoms with Gasteiger partial charge in [-0.05, 0) is 60.3 Å². The highest BCUT2D eigenvalue weighted by Crippen LogP contribution is 2.31. The first-order valence-electron chi connectivity index (χ1n) is 9.24. The van der Waals surface area contributed by atoms with Crippen LogP contribution in [0.1, 0.15) is 16.1 Å². The van der Waals surface area contributed by atoms with Crippen molar-refractivity contribution in [1.29, 1.82) is 0 Å². The molecule has 0 saturated heterocycles. The van der Waals surface area contributed by atoms with Gasteiger partial charge in [-0.15, -0.1) is 5.10 Å². The summed E-state index contributed by atoms with van der Waals surface area (Å²) in [5.41, 5.74) is 1.28. The summed E-state index contributed by atoms with van der Waals surface area (Å²) in [7, 11) is 0. The number of hydrogen-bond donors (Lipinski definition) is 3. The Morgan fingerprint density at radius 3 is 2.39 bits per heavy atom. The summed E-state index contributed by atoms with van der Waals surface area (Å²) in [5.74, 6) is -1.16. The lowest BCUT2D eigenvalue weighted by Gasteiger charge is -2.02. The lowest BCUT2D eigenvalue weighted by Crippen LogP contribution is -1.97. The highest BCUT2D eigenvalue weighted by Gasteiger charge is 2.16. The van der Waals surface area contributed by atoms with Crippen molar-refractivity contribution in [2.24, 2.45) is 0 Å². The molecular formula is C22H13Cl2N3O5S. The summed E-state index contributed by atoms with van der Waals surface area (Å²) in [6.07, 6.45) is 1.35. The van der Waals surface area contributed by atoms with Gasteiger partial charge >= 0.3 is 11.9 Å². The minimum Gasteiger partial charge on any atom is -0.478 e. The van der Waals surface area contributed by atoms with Gasteiger partial charge in [-0.25, -0.2) is 14.6 Å². The van der Waals surface area contributed by atoms with E-state index in [1.807, 2.05) is 0 Å². The van der Waals surface area contributed by atoms with Crippen LogP contribution in [0.25, 0.3) is 28.8 Å². The van der Waals surface area contributed by atoms with E-state index in [1.165, 1.54) is 18.2 Å². The van der Waals surface area contributed by atoms with Gasteiger partial charge in [0.2, 0.25) is 5.16 Å². The molecule has 2 heterocycles. The first kappa shape index (κ1) is 22.7. The third-order valence-corrected chi connectivity index (χ3v) is 5.82. The molecule has 2 aromatic heterocycles. The fraction of sp³-hybridized carbons (Fsp3) is 0. The van der Waals surface area contributed by atoms with E-state index in [9.17, 15) is 14.7 Å². The van der Waals surface area contributed by atoms with Crippen LogP contribution in [0.4, 0.5) is 0 Å². The second-order valence-electron chi connectivity index (χ2n) is 6.59. The van der Waals surface area contributed by atoms with Gasteiger partial charge in [0.25, 0.3) is 0 Å². The number of aromatic nitrogens is 3. The smallest absolute Gasteiger partial charge is 0.342 e. The van der Waals surface area contributed by atoms with Crippen LogP contribution in [0.3, 0.4) is 0 Å². The quantitative estimate of drug-likeness (QED) is 0.209. The normalized spacial score (nSPS) is 11.5. The maximum atomic E-state index is 11.8. The number of aliphatic carboxylic acids is 1. The van der Waals surface area contributed by atoms with E-state index in [0.29, 0.717) is 22.2 Å². The number of hydrogen-bond acceptors (Lipinski definition) is 6. The lowest BCUT2D eigenvalue weighted by molar-refractivity contribution is -0.131. The molecule has 2 aromatic carbocycles. The standard InChI is InChI=1S/C22H13Cl2N3O5S/c23-13-4-1-11(2-5-13)19-25-22(27-26-19)33-18(21(30)31)10-14-6-8-17(32-14)12-3-7-15(20(28)29)16(24)9-12/h1-10H,(H,28,29)(H,30,31)(H,25,26,27)/b18-10-. The fourth-order valence-electron chi connectivity index (χ4n) is 2.82. The third-order valence-electron chi connectivity index (χ3n) is 4.38. The number of furan rings is 1. The van der Waals surface area contributed by atoms with Crippen molar-refractivity contribution in [2.75, 3.05) is 0 Å². The van der Waals surface area contributed by atoms with Crippen LogP contribution in [0.15, 0.2) is 69.1 Å².